The van der Waals surface area contributed by atoms with Crippen molar-refractivity contribution in [2.75, 3.05) is 13.2 Å². The smallest absolute Gasteiger partial charge is 0.216 e. The number of thiocarbonyl (C=S) groups is 1. The Morgan fingerprint density at radius 1 is 1.64 bits per heavy atom. The maximum Gasteiger partial charge on any atom is 0.216 e. The predicted octanol–water partition coefficient (Wildman–Crippen LogP) is 0.876. The minimum absolute atomic E-state index is 0.0454. The molecule has 64 valence electrons. The molecule has 1 N–H and O–H groups in total. The zero-order valence-electron chi connectivity index (χ0n) is 6.85. The molecule has 0 aromatic heterocycles. The summed E-state index contributed by atoms with van der Waals surface area (Å²) in [5.41, 5.74) is 0. The Morgan fingerprint density at radius 3 is 2.73 bits per heavy atom. The second kappa shape index (κ2) is 6.09. The van der Waals surface area contributed by atoms with Gasteiger partial charge in [0.25, 0.3) is 0 Å². The molecule has 0 radical (unpaired) electrons. The molecule has 0 aromatic carbocycles. The maximum atomic E-state index is 10.4. The van der Waals surface area contributed by atoms with E-state index >= 15 is 0 Å². The molecule has 0 aliphatic rings. The van der Waals surface area contributed by atoms with Crippen molar-refractivity contribution in [1.82, 2.24) is 5.32 Å². The van der Waals surface area contributed by atoms with E-state index < -0.39 is 0 Å². The van der Waals surface area contributed by atoms with Gasteiger partial charge in [-0.05, 0) is 12.2 Å². The van der Waals surface area contributed by atoms with E-state index in [0.29, 0.717) is 18.2 Å². The van der Waals surface area contributed by atoms with E-state index in [9.17, 15) is 4.79 Å². The van der Waals surface area contributed by atoms with Gasteiger partial charge in [0.05, 0.1) is 6.54 Å². The fourth-order valence-electron chi connectivity index (χ4n) is 0.494. The lowest BCUT2D eigenvalue weighted by Crippen LogP contribution is -2.25. The number of carbonyl (C=O) groups is 1. The average molecular weight is 175 g/mol. The van der Waals surface area contributed by atoms with Crippen LogP contribution < -0.4 is 5.32 Å². The van der Waals surface area contributed by atoms with Gasteiger partial charge in [-0.15, -0.1) is 0 Å². The Labute approximate surface area is 72.1 Å². The minimum atomic E-state index is -0.0454. The molecule has 0 fully saturated rings. The van der Waals surface area contributed by atoms with E-state index in [1.165, 1.54) is 6.92 Å². The van der Waals surface area contributed by atoms with Gasteiger partial charge in [0, 0.05) is 13.3 Å². The molecule has 0 aliphatic carbocycles. The quantitative estimate of drug-likeness (QED) is 0.509. The van der Waals surface area contributed by atoms with Crippen LogP contribution in [0.4, 0.5) is 0 Å². The average Bonchev–Trinajstić information content (AvgIpc) is 1.97. The van der Waals surface area contributed by atoms with Crippen LogP contribution in [0.15, 0.2) is 0 Å². The molecular formula is C7H13NO2S. The first-order chi connectivity index (χ1) is 5.16. The third-order valence-electron chi connectivity index (χ3n) is 1.03. The first kappa shape index (κ1) is 10.4. The molecule has 3 nitrogen and oxygen atoms in total. The summed E-state index contributed by atoms with van der Waals surface area (Å²) in [7, 11) is 0. The van der Waals surface area contributed by atoms with Crippen molar-refractivity contribution in [2.45, 2.75) is 20.3 Å². The third-order valence-corrected chi connectivity index (χ3v) is 1.43. The molecule has 0 heterocycles. The van der Waals surface area contributed by atoms with E-state index in [2.05, 4.69) is 5.32 Å². The number of hydrogen-bond acceptors (Lipinski definition) is 3. The van der Waals surface area contributed by atoms with Gasteiger partial charge >= 0.3 is 0 Å². The van der Waals surface area contributed by atoms with Crippen molar-refractivity contribution in [2.24, 2.45) is 0 Å². The van der Waals surface area contributed by atoms with Crippen LogP contribution in [0.25, 0.3) is 0 Å². The molecule has 0 saturated carbocycles. The van der Waals surface area contributed by atoms with Crippen LogP contribution >= 0.6 is 12.2 Å². The highest BCUT2D eigenvalue weighted by atomic mass is 32.1. The van der Waals surface area contributed by atoms with Crippen LogP contribution in [0.1, 0.15) is 20.3 Å². The summed E-state index contributed by atoms with van der Waals surface area (Å²) in [6.45, 7) is 4.39. The number of carbonyl (C=O) groups excluding carboxylic acids is 1. The molecule has 1 amide bonds. The SMILES string of the molecule is CCC(=S)OCCNC(C)=O. The lowest BCUT2D eigenvalue weighted by atomic mass is 10.5. The van der Waals surface area contributed by atoms with E-state index in [1.54, 1.807) is 0 Å². The summed E-state index contributed by atoms with van der Waals surface area (Å²) in [5, 5.41) is 3.19. The minimum Gasteiger partial charge on any atom is -0.485 e. The second-order valence-corrected chi connectivity index (χ2v) is 2.51. The van der Waals surface area contributed by atoms with Gasteiger partial charge in [-0.2, -0.15) is 0 Å². The molecule has 4 heteroatoms. The molecule has 0 rings (SSSR count). The maximum absolute atomic E-state index is 10.4. The summed E-state index contributed by atoms with van der Waals surface area (Å²) in [4.78, 5) is 10.4. The van der Waals surface area contributed by atoms with Crippen LogP contribution in [-0.2, 0) is 9.53 Å². The second-order valence-electron chi connectivity index (χ2n) is 2.06. The first-order valence-corrected chi connectivity index (χ1v) is 3.97. The monoisotopic (exact) mass is 175 g/mol. The zero-order valence-corrected chi connectivity index (χ0v) is 7.66. The lowest BCUT2D eigenvalue weighted by Gasteiger charge is -2.04. The van der Waals surface area contributed by atoms with Crippen molar-refractivity contribution < 1.29 is 9.53 Å². The lowest BCUT2D eigenvalue weighted by molar-refractivity contribution is -0.119. The van der Waals surface area contributed by atoms with Gasteiger partial charge in [0.1, 0.15) is 6.61 Å². The molecular weight excluding hydrogens is 162 g/mol. The van der Waals surface area contributed by atoms with Crippen LogP contribution in [0.5, 0.6) is 0 Å². The Balaban J connectivity index is 3.14. The molecule has 0 unspecified atom stereocenters. The molecule has 0 spiro atoms. The highest BCUT2D eigenvalue weighted by Crippen LogP contribution is 1.86. The summed E-state index contributed by atoms with van der Waals surface area (Å²) in [6.07, 6.45) is 0.745. The summed E-state index contributed by atoms with van der Waals surface area (Å²) < 4.78 is 5.06. The van der Waals surface area contributed by atoms with Gasteiger partial charge in [-0.1, -0.05) is 6.92 Å². The van der Waals surface area contributed by atoms with Crippen LogP contribution in [-0.4, -0.2) is 24.1 Å². The van der Waals surface area contributed by atoms with Gasteiger partial charge < -0.3 is 10.1 Å². The van der Waals surface area contributed by atoms with Crippen LogP contribution in [0, 0.1) is 0 Å². The van der Waals surface area contributed by atoms with E-state index in [-0.39, 0.29) is 5.91 Å². The predicted molar refractivity (Wildman–Crippen MR) is 47.5 cm³/mol. The Bertz CT molecular complexity index is 147. The van der Waals surface area contributed by atoms with E-state index in [1.807, 2.05) is 6.92 Å². The van der Waals surface area contributed by atoms with Crippen molar-refractivity contribution in [3.8, 4) is 0 Å². The molecule has 0 bridgehead atoms. The first-order valence-electron chi connectivity index (χ1n) is 3.57. The van der Waals surface area contributed by atoms with Gasteiger partial charge in [0.2, 0.25) is 5.91 Å². The fourth-order valence-corrected chi connectivity index (χ4v) is 0.577. The number of rotatable bonds is 4. The Morgan fingerprint density at radius 2 is 2.27 bits per heavy atom. The normalized spacial score (nSPS) is 8.91. The van der Waals surface area contributed by atoms with Crippen LogP contribution in [0.2, 0.25) is 0 Å². The highest BCUT2D eigenvalue weighted by Gasteiger charge is 1.93. The van der Waals surface area contributed by atoms with E-state index in [0.717, 1.165) is 6.42 Å². The van der Waals surface area contributed by atoms with Crippen molar-refractivity contribution in [3.63, 3.8) is 0 Å². The number of hydrogen-bond donors (Lipinski definition) is 1. The van der Waals surface area contributed by atoms with Gasteiger partial charge in [-0.3, -0.25) is 4.79 Å². The van der Waals surface area contributed by atoms with Crippen molar-refractivity contribution in [3.05, 3.63) is 0 Å². The third kappa shape index (κ3) is 7.25. The molecule has 0 atom stereocenters. The highest BCUT2D eigenvalue weighted by molar-refractivity contribution is 7.80. The van der Waals surface area contributed by atoms with Gasteiger partial charge in [-0.25, -0.2) is 0 Å². The Kier molecular flexibility index (Phi) is 5.74. The summed E-state index contributed by atoms with van der Waals surface area (Å²) in [5.74, 6) is -0.0454. The number of amides is 1. The molecule has 0 saturated heterocycles. The van der Waals surface area contributed by atoms with Crippen molar-refractivity contribution in [1.29, 1.82) is 0 Å². The van der Waals surface area contributed by atoms with E-state index in [4.69, 9.17) is 17.0 Å². The number of nitrogens with one attached hydrogen (secondary N) is 1. The van der Waals surface area contributed by atoms with Gasteiger partial charge in [0.15, 0.2) is 5.05 Å². The number of ether oxygens (including phenoxy) is 1. The molecule has 0 aliphatic heterocycles. The van der Waals surface area contributed by atoms with Crippen molar-refractivity contribution >= 4 is 23.2 Å². The standard InChI is InChI=1S/C7H13NO2S/c1-3-7(11)10-5-4-8-6(2)9/h3-5H2,1-2H3,(H,8,9). The molecule has 11 heavy (non-hydrogen) atoms. The largest absolute Gasteiger partial charge is 0.485 e. The fraction of sp³-hybridized carbons (Fsp3) is 0.714. The zero-order chi connectivity index (χ0) is 8.69. The summed E-state index contributed by atoms with van der Waals surface area (Å²) in [6, 6.07) is 0. The topological polar surface area (TPSA) is 38.3 Å². The summed E-state index contributed by atoms with van der Waals surface area (Å²) >= 11 is 4.80. The molecule has 0 aromatic rings. The van der Waals surface area contributed by atoms with Crippen LogP contribution in [0.3, 0.4) is 0 Å². The Hall–Kier alpha value is -0.640.